The number of anilines is 1. The van der Waals surface area contributed by atoms with E-state index < -0.39 is 11.7 Å². The van der Waals surface area contributed by atoms with Crippen LogP contribution in [0.5, 0.6) is 0 Å². The molecule has 0 saturated heterocycles. The summed E-state index contributed by atoms with van der Waals surface area (Å²) < 4.78 is 18.9. The van der Waals surface area contributed by atoms with Crippen LogP contribution in [-0.2, 0) is 17.8 Å². The normalized spacial score (nSPS) is 10.3. The maximum absolute atomic E-state index is 13.7. The van der Waals surface area contributed by atoms with Crippen molar-refractivity contribution in [2.24, 2.45) is 0 Å². The Morgan fingerprint density at radius 1 is 0.962 bits per heavy atom. The van der Waals surface area contributed by atoms with Crippen LogP contribution in [0.25, 0.3) is 0 Å². The van der Waals surface area contributed by atoms with Gasteiger partial charge >= 0.3 is 0 Å². The molecule has 0 aliphatic rings. The van der Waals surface area contributed by atoms with Crippen molar-refractivity contribution in [1.82, 2.24) is 5.32 Å². The molecule has 6 heteroatoms. The summed E-state index contributed by atoms with van der Waals surface area (Å²) in [6.45, 7) is 0.239. The lowest BCUT2D eigenvalue weighted by molar-refractivity contribution is -0.115. The van der Waals surface area contributed by atoms with Crippen LogP contribution in [0, 0.1) is 5.82 Å². The quantitative estimate of drug-likeness (QED) is 0.713. The minimum atomic E-state index is -0.438. The number of halogens is 1. The van der Waals surface area contributed by atoms with Crippen LogP contribution in [0.3, 0.4) is 0 Å². The van der Waals surface area contributed by atoms with Crippen LogP contribution in [0.4, 0.5) is 10.1 Å². The van der Waals surface area contributed by atoms with Crippen molar-refractivity contribution in [3.8, 4) is 0 Å². The Labute approximate surface area is 149 Å². The Hall–Kier alpha value is -3.41. The molecule has 3 rings (SSSR count). The molecule has 0 fully saturated rings. The van der Waals surface area contributed by atoms with Crippen molar-refractivity contribution in [3.63, 3.8) is 0 Å². The molecule has 26 heavy (non-hydrogen) atoms. The molecule has 0 unspecified atom stereocenters. The van der Waals surface area contributed by atoms with E-state index >= 15 is 0 Å². The van der Waals surface area contributed by atoms with Gasteiger partial charge in [-0.25, -0.2) is 4.39 Å². The molecular formula is C20H17FN2O3. The lowest BCUT2D eigenvalue weighted by Gasteiger charge is -2.11. The molecule has 0 atom stereocenters. The van der Waals surface area contributed by atoms with E-state index in [1.54, 1.807) is 54.6 Å². The fraction of sp³-hybridized carbons (Fsp3) is 0.100. The van der Waals surface area contributed by atoms with E-state index in [2.05, 4.69) is 10.6 Å². The molecule has 0 saturated carbocycles. The summed E-state index contributed by atoms with van der Waals surface area (Å²) in [7, 11) is 0. The molecule has 2 amide bonds. The Kier molecular flexibility index (Phi) is 5.43. The fourth-order valence-electron chi connectivity index (χ4n) is 2.48. The number of hydrogen-bond acceptors (Lipinski definition) is 3. The van der Waals surface area contributed by atoms with Gasteiger partial charge in [-0.1, -0.05) is 30.3 Å². The zero-order valence-corrected chi connectivity index (χ0v) is 13.9. The van der Waals surface area contributed by atoms with Crippen molar-refractivity contribution < 1.29 is 18.4 Å². The third kappa shape index (κ3) is 4.36. The highest BCUT2D eigenvalue weighted by atomic mass is 19.1. The SMILES string of the molecule is O=C(Cc1ccccc1F)Nc1ccccc1C(=O)NCc1ccco1. The summed E-state index contributed by atoms with van der Waals surface area (Å²) in [5.74, 6) is -0.559. The van der Waals surface area contributed by atoms with E-state index in [-0.39, 0.29) is 18.9 Å². The standard InChI is InChI=1S/C20H17FN2O3/c21-17-9-3-1-6-14(17)12-19(24)23-18-10-4-2-8-16(18)20(25)22-13-15-7-5-11-26-15/h1-11H,12-13H2,(H,22,25)(H,23,24). The number of carbonyl (C=O) groups excluding carboxylic acids is 2. The van der Waals surface area contributed by atoms with Crippen LogP contribution in [0.15, 0.2) is 71.3 Å². The third-order valence-electron chi connectivity index (χ3n) is 3.76. The number of hydrogen-bond donors (Lipinski definition) is 2. The topological polar surface area (TPSA) is 71.3 Å². The summed E-state index contributed by atoms with van der Waals surface area (Å²) in [6.07, 6.45) is 1.41. The Morgan fingerprint density at radius 2 is 1.73 bits per heavy atom. The van der Waals surface area contributed by atoms with Crippen molar-refractivity contribution >= 4 is 17.5 Å². The smallest absolute Gasteiger partial charge is 0.253 e. The van der Waals surface area contributed by atoms with Gasteiger partial charge in [-0.3, -0.25) is 9.59 Å². The summed E-state index contributed by atoms with van der Waals surface area (Å²) in [5, 5.41) is 5.40. The molecule has 0 aliphatic heterocycles. The summed E-state index contributed by atoms with van der Waals surface area (Å²) in [5.41, 5.74) is 0.983. The van der Waals surface area contributed by atoms with Crippen LogP contribution in [0.2, 0.25) is 0 Å². The molecule has 2 aromatic carbocycles. The lowest BCUT2D eigenvalue weighted by atomic mass is 10.1. The first-order valence-electron chi connectivity index (χ1n) is 8.06. The molecule has 5 nitrogen and oxygen atoms in total. The molecular weight excluding hydrogens is 335 g/mol. The number of amides is 2. The predicted molar refractivity (Wildman–Crippen MR) is 95.1 cm³/mol. The molecule has 3 aromatic rings. The molecule has 0 bridgehead atoms. The number of nitrogens with one attached hydrogen (secondary N) is 2. The molecule has 1 aromatic heterocycles. The third-order valence-corrected chi connectivity index (χ3v) is 3.76. The second kappa shape index (κ2) is 8.11. The van der Waals surface area contributed by atoms with Crippen LogP contribution < -0.4 is 10.6 Å². The van der Waals surface area contributed by atoms with Gasteiger partial charge in [-0.2, -0.15) is 0 Å². The van der Waals surface area contributed by atoms with E-state index in [9.17, 15) is 14.0 Å². The summed E-state index contributed by atoms with van der Waals surface area (Å²) in [6, 6.07) is 16.2. The van der Waals surface area contributed by atoms with Crippen molar-refractivity contribution in [2.75, 3.05) is 5.32 Å². The van der Waals surface area contributed by atoms with E-state index in [0.29, 0.717) is 22.6 Å². The number of carbonyl (C=O) groups is 2. The van der Waals surface area contributed by atoms with Gasteiger partial charge in [0.1, 0.15) is 11.6 Å². The maximum Gasteiger partial charge on any atom is 0.253 e. The summed E-state index contributed by atoms with van der Waals surface area (Å²) in [4.78, 5) is 24.6. The Morgan fingerprint density at radius 3 is 2.50 bits per heavy atom. The number of para-hydroxylation sites is 1. The molecule has 2 N–H and O–H groups in total. The van der Waals surface area contributed by atoms with Gasteiger partial charge in [0.25, 0.3) is 5.91 Å². The zero-order chi connectivity index (χ0) is 18.4. The van der Waals surface area contributed by atoms with Gasteiger partial charge < -0.3 is 15.1 Å². The number of furan rings is 1. The van der Waals surface area contributed by atoms with E-state index in [4.69, 9.17) is 4.42 Å². The highest BCUT2D eigenvalue weighted by Gasteiger charge is 2.14. The largest absolute Gasteiger partial charge is 0.467 e. The van der Waals surface area contributed by atoms with E-state index in [1.165, 1.54) is 12.3 Å². The van der Waals surface area contributed by atoms with Crippen LogP contribution >= 0.6 is 0 Å². The lowest BCUT2D eigenvalue weighted by Crippen LogP contribution is -2.25. The Balaban J connectivity index is 1.67. The first-order chi connectivity index (χ1) is 12.6. The Bertz CT molecular complexity index is 907. The van der Waals surface area contributed by atoms with Crippen LogP contribution in [0.1, 0.15) is 21.7 Å². The van der Waals surface area contributed by atoms with Gasteiger partial charge in [-0.15, -0.1) is 0 Å². The first kappa shape index (κ1) is 17.4. The van der Waals surface area contributed by atoms with E-state index in [1.807, 2.05) is 0 Å². The second-order valence-electron chi connectivity index (χ2n) is 5.62. The highest BCUT2D eigenvalue weighted by Crippen LogP contribution is 2.16. The minimum Gasteiger partial charge on any atom is -0.467 e. The second-order valence-corrected chi connectivity index (χ2v) is 5.62. The number of rotatable bonds is 6. The van der Waals surface area contributed by atoms with Gasteiger partial charge in [0.05, 0.1) is 30.5 Å². The van der Waals surface area contributed by atoms with Crippen LogP contribution in [-0.4, -0.2) is 11.8 Å². The average molecular weight is 352 g/mol. The van der Waals surface area contributed by atoms with Gasteiger partial charge in [0.15, 0.2) is 0 Å². The van der Waals surface area contributed by atoms with Gasteiger partial charge in [-0.05, 0) is 35.9 Å². The molecule has 132 valence electrons. The van der Waals surface area contributed by atoms with Crippen molar-refractivity contribution in [3.05, 3.63) is 89.6 Å². The zero-order valence-electron chi connectivity index (χ0n) is 13.9. The molecule has 0 radical (unpaired) electrons. The number of benzene rings is 2. The van der Waals surface area contributed by atoms with Gasteiger partial charge in [0.2, 0.25) is 5.91 Å². The minimum absolute atomic E-state index is 0.116. The first-order valence-corrected chi connectivity index (χ1v) is 8.06. The fourth-order valence-corrected chi connectivity index (χ4v) is 2.48. The molecule has 0 aliphatic carbocycles. The molecule has 0 spiro atoms. The van der Waals surface area contributed by atoms with Crippen molar-refractivity contribution in [1.29, 1.82) is 0 Å². The predicted octanol–water partition coefficient (Wildman–Crippen LogP) is 3.53. The average Bonchev–Trinajstić information content (AvgIpc) is 3.16. The van der Waals surface area contributed by atoms with E-state index in [0.717, 1.165) is 0 Å². The summed E-state index contributed by atoms with van der Waals surface area (Å²) >= 11 is 0. The van der Waals surface area contributed by atoms with Crippen molar-refractivity contribution in [2.45, 2.75) is 13.0 Å². The van der Waals surface area contributed by atoms with Gasteiger partial charge in [0, 0.05) is 0 Å². The maximum atomic E-state index is 13.7. The molecule has 1 heterocycles. The monoisotopic (exact) mass is 352 g/mol. The highest BCUT2D eigenvalue weighted by molar-refractivity contribution is 6.04.